The first-order valence-corrected chi connectivity index (χ1v) is 39.7. The van der Waals surface area contributed by atoms with E-state index in [1.54, 1.807) is 0 Å². The van der Waals surface area contributed by atoms with Gasteiger partial charge in [-0.25, -0.2) is 0 Å². The maximum absolute atomic E-state index is 12.8. The normalized spacial score (nSPS) is 13.8. The Balaban J connectivity index is 3.99. The second-order valence-electron chi connectivity index (χ2n) is 26.6. The van der Waals surface area contributed by atoms with Gasteiger partial charge < -0.3 is 27.9 Å². The first-order chi connectivity index (χ1) is 45.0. The lowest BCUT2D eigenvalue weighted by Gasteiger charge is -2.28. The summed E-state index contributed by atoms with van der Waals surface area (Å²) in [7, 11) is 1.13. The third-order valence-electron chi connectivity index (χ3n) is 16.5. The number of allylic oxidation sites excluding steroid dienone is 20. The van der Waals surface area contributed by atoms with Crippen molar-refractivity contribution in [1.29, 1.82) is 0 Å². The summed E-state index contributed by atoms with van der Waals surface area (Å²) in [6.45, 7) is 4.09. The number of rotatable bonds is 70. The molecule has 0 saturated carbocycles. The van der Waals surface area contributed by atoms with Crippen LogP contribution in [-0.4, -0.2) is 70.0 Å². The molecule has 0 N–H and O–H groups in total. The number of phosphoric acid groups is 1. The molecule has 0 radical (unpaired) electrons. The molecule has 10 heteroatoms. The van der Waals surface area contributed by atoms with Gasteiger partial charge in [0.2, 0.25) is 0 Å². The van der Waals surface area contributed by atoms with Gasteiger partial charge in [0, 0.05) is 12.8 Å². The van der Waals surface area contributed by atoms with Crippen molar-refractivity contribution in [3.8, 4) is 0 Å². The molecule has 92 heavy (non-hydrogen) atoms. The van der Waals surface area contributed by atoms with Crippen LogP contribution in [0.3, 0.4) is 0 Å². The molecule has 0 amide bonds. The molecule has 2 unspecified atom stereocenters. The number of phosphoric ester groups is 1. The minimum atomic E-state index is -4.66. The summed E-state index contributed by atoms with van der Waals surface area (Å²) in [6, 6.07) is 0. The summed E-state index contributed by atoms with van der Waals surface area (Å²) in [4.78, 5) is 38.1. The number of ether oxygens (including phenoxy) is 2. The number of carbonyl (C=O) groups is 2. The summed E-state index contributed by atoms with van der Waals surface area (Å²) in [5, 5.41) is 0. The van der Waals surface area contributed by atoms with Gasteiger partial charge in [-0.3, -0.25) is 14.2 Å². The zero-order valence-corrected chi connectivity index (χ0v) is 61.4. The van der Waals surface area contributed by atoms with Crippen molar-refractivity contribution in [2.75, 3.05) is 47.5 Å². The van der Waals surface area contributed by atoms with E-state index in [9.17, 15) is 19.0 Å². The maximum Gasteiger partial charge on any atom is 0.306 e. The fourth-order valence-corrected chi connectivity index (χ4v) is 11.4. The van der Waals surface area contributed by atoms with Crippen LogP contribution in [0.2, 0.25) is 0 Å². The van der Waals surface area contributed by atoms with E-state index in [0.717, 1.165) is 89.9 Å². The standard InChI is InChI=1S/C82H144NO8P/c1-6-8-10-12-14-16-18-20-22-24-26-28-30-32-34-35-36-37-38-39-40-41-42-43-44-45-46-47-49-50-52-54-56-58-60-62-64-66-68-70-72-74-81(84)88-78-80(79-90-92(86,87)89-77-76-83(3,4)5)91-82(85)75-73-71-69-67-65-63-61-59-57-55-53-51-48-33-31-29-27-25-23-21-19-17-15-13-11-9-7-2/h9,11,15,17-18,20-21,23-24,26-27,29,33,48,53,55,59,61,65,67,80H,6-8,10,12-14,16,19,22,25,28,30-32,34-47,49-52,54,56-58,60,62-64,66,68-79H2,1-5H3/b11-9-,17-15-,20-18-,23-21-,26-24-,29-27-,48-33-,55-53-,61-59-,67-65-. The molecule has 0 saturated heterocycles. The number of hydrogen-bond acceptors (Lipinski definition) is 8. The summed E-state index contributed by atoms with van der Waals surface area (Å²) >= 11 is 0. The van der Waals surface area contributed by atoms with Gasteiger partial charge in [0.25, 0.3) is 7.82 Å². The predicted molar refractivity (Wildman–Crippen MR) is 397 cm³/mol. The molecule has 2 atom stereocenters. The number of nitrogens with zero attached hydrogens (tertiary/aromatic N) is 1. The van der Waals surface area contributed by atoms with E-state index in [2.05, 4.69) is 135 Å². The zero-order chi connectivity index (χ0) is 66.9. The molecule has 0 aromatic heterocycles. The Morgan fingerprint density at radius 3 is 0.946 bits per heavy atom. The highest BCUT2D eigenvalue weighted by atomic mass is 31.2. The van der Waals surface area contributed by atoms with Crippen LogP contribution >= 0.6 is 7.82 Å². The molecule has 0 aliphatic rings. The molecule has 0 aromatic carbocycles. The van der Waals surface area contributed by atoms with E-state index < -0.39 is 32.5 Å². The topological polar surface area (TPSA) is 111 Å². The van der Waals surface area contributed by atoms with Gasteiger partial charge in [0.1, 0.15) is 19.8 Å². The number of carbonyl (C=O) groups excluding carboxylic acids is 2. The van der Waals surface area contributed by atoms with Crippen LogP contribution in [0.1, 0.15) is 335 Å². The lowest BCUT2D eigenvalue weighted by molar-refractivity contribution is -0.870. The highest BCUT2D eigenvalue weighted by Gasteiger charge is 2.22. The molecule has 0 rings (SSSR count). The van der Waals surface area contributed by atoms with Crippen molar-refractivity contribution in [3.05, 3.63) is 122 Å². The van der Waals surface area contributed by atoms with Gasteiger partial charge in [0.05, 0.1) is 27.7 Å². The van der Waals surface area contributed by atoms with E-state index in [1.807, 2.05) is 21.1 Å². The average Bonchev–Trinajstić information content (AvgIpc) is 2.14. The number of quaternary nitrogens is 1. The zero-order valence-electron chi connectivity index (χ0n) is 60.5. The van der Waals surface area contributed by atoms with Crippen LogP contribution in [0.5, 0.6) is 0 Å². The predicted octanol–water partition coefficient (Wildman–Crippen LogP) is 24.8. The molecule has 0 bridgehead atoms. The van der Waals surface area contributed by atoms with Crippen LogP contribution < -0.4 is 4.89 Å². The van der Waals surface area contributed by atoms with Crippen molar-refractivity contribution in [1.82, 2.24) is 0 Å². The van der Waals surface area contributed by atoms with Crippen molar-refractivity contribution in [2.24, 2.45) is 0 Å². The number of unbranched alkanes of at least 4 members (excludes halogenated alkanes) is 36. The lowest BCUT2D eigenvalue weighted by Crippen LogP contribution is -2.37. The quantitative estimate of drug-likeness (QED) is 0.0195. The van der Waals surface area contributed by atoms with Crippen LogP contribution in [0.4, 0.5) is 0 Å². The fraction of sp³-hybridized carbons (Fsp3) is 0.732. The Labute approximate surface area is 568 Å². The molecule has 0 spiro atoms. The van der Waals surface area contributed by atoms with Crippen molar-refractivity contribution >= 4 is 19.8 Å². The Morgan fingerprint density at radius 2 is 0.620 bits per heavy atom. The number of esters is 2. The minimum absolute atomic E-state index is 0.0442. The Morgan fingerprint density at radius 1 is 0.348 bits per heavy atom. The molecule has 0 fully saturated rings. The number of likely N-dealkylation sites (N-methyl/N-ethyl adjacent to an activating group) is 1. The average molecular weight is 1300 g/mol. The van der Waals surface area contributed by atoms with Gasteiger partial charge in [0.15, 0.2) is 6.10 Å². The first kappa shape index (κ1) is 88.4. The summed E-state index contributed by atoms with van der Waals surface area (Å²) in [5.41, 5.74) is 0. The monoisotopic (exact) mass is 1300 g/mol. The van der Waals surface area contributed by atoms with E-state index >= 15 is 0 Å². The number of hydrogen-bond donors (Lipinski definition) is 0. The van der Waals surface area contributed by atoms with Crippen molar-refractivity contribution < 1.29 is 42.1 Å². The first-order valence-electron chi connectivity index (χ1n) is 38.2. The molecule has 0 aliphatic heterocycles. The molecule has 9 nitrogen and oxygen atoms in total. The highest BCUT2D eigenvalue weighted by Crippen LogP contribution is 2.38. The van der Waals surface area contributed by atoms with Gasteiger partial charge in [-0.2, -0.15) is 0 Å². The lowest BCUT2D eigenvalue weighted by atomic mass is 10.0. The molecular weight excluding hydrogens is 1160 g/mol. The van der Waals surface area contributed by atoms with Crippen LogP contribution in [0.15, 0.2) is 122 Å². The van der Waals surface area contributed by atoms with Gasteiger partial charge in [-0.1, -0.05) is 334 Å². The van der Waals surface area contributed by atoms with E-state index in [1.165, 1.54) is 212 Å². The van der Waals surface area contributed by atoms with E-state index in [4.69, 9.17) is 18.5 Å². The smallest absolute Gasteiger partial charge is 0.306 e. The minimum Gasteiger partial charge on any atom is -0.756 e. The molecular formula is C82H144NO8P. The molecule has 0 aromatic rings. The SMILES string of the molecule is CC/C=C\C/C=C\C/C=C\C/C=C\C/C=C\C/C=C\C/C=C\C/C=C\CCCCC(=O)OC(COC(=O)CCCCCCCCCCCCCCCCCCCCCCCCCCCCCCC/C=C\C/C=C\CCCCCCC)COP(=O)([O-])OCC[N+](C)(C)C. The molecule has 530 valence electrons. The Bertz CT molecular complexity index is 1970. The van der Waals surface area contributed by atoms with Gasteiger partial charge in [-0.15, -0.1) is 0 Å². The largest absolute Gasteiger partial charge is 0.756 e. The third kappa shape index (κ3) is 75.4. The second kappa shape index (κ2) is 71.7. The molecule has 0 aliphatic carbocycles. The Hall–Kier alpha value is -3.59. The summed E-state index contributed by atoms with van der Waals surface area (Å²) in [5.74, 6) is -0.880. The van der Waals surface area contributed by atoms with Crippen LogP contribution in [0.25, 0.3) is 0 Å². The van der Waals surface area contributed by atoms with E-state index in [0.29, 0.717) is 17.4 Å². The third-order valence-corrected chi connectivity index (χ3v) is 17.4. The van der Waals surface area contributed by atoms with Crippen LogP contribution in [0, 0.1) is 0 Å². The summed E-state index contributed by atoms with van der Waals surface area (Å²) < 4.78 is 34.3. The highest BCUT2D eigenvalue weighted by molar-refractivity contribution is 7.45. The van der Waals surface area contributed by atoms with Crippen molar-refractivity contribution in [2.45, 2.75) is 341 Å². The van der Waals surface area contributed by atoms with Crippen LogP contribution in [-0.2, 0) is 32.7 Å². The van der Waals surface area contributed by atoms with Crippen molar-refractivity contribution in [3.63, 3.8) is 0 Å². The van der Waals surface area contributed by atoms with Gasteiger partial charge in [-0.05, 0) is 109 Å². The van der Waals surface area contributed by atoms with Gasteiger partial charge >= 0.3 is 11.9 Å². The second-order valence-corrected chi connectivity index (χ2v) is 28.0. The molecule has 0 heterocycles. The summed E-state index contributed by atoms with van der Waals surface area (Å²) in [6.07, 6.45) is 103. The van der Waals surface area contributed by atoms with E-state index in [-0.39, 0.29) is 26.1 Å². The maximum atomic E-state index is 12.8. The fourth-order valence-electron chi connectivity index (χ4n) is 10.6. The Kier molecular flexibility index (Phi) is 68.9.